The van der Waals surface area contributed by atoms with E-state index in [1.165, 1.54) is 4.68 Å². The Morgan fingerprint density at radius 2 is 1.97 bits per heavy atom. The van der Waals surface area contributed by atoms with E-state index in [1.54, 1.807) is 24.2 Å². The molecule has 1 unspecified atom stereocenters. The lowest BCUT2D eigenvalue weighted by Crippen LogP contribution is -2.36. The average Bonchev–Trinajstić information content (AvgIpc) is 3.17. The first kappa shape index (κ1) is 21.5. The second kappa shape index (κ2) is 10.6. The van der Waals surface area contributed by atoms with Gasteiger partial charge in [-0.05, 0) is 30.9 Å². The number of benzene rings is 1. The molecular formula is C22H29N5O3. The van der Waals surface area contributed by atoms with Gasteiger partial charge in [0.05, 0.1) is 0 Å². The van der Waals surface area contributed by atoms with E-state index in [4.69, 9.17) is 0 Å². The molecule has 1 saturated heterocycles. The third-order valence-corrected chi connectivity index (χ3v) is 5.41. The Hall–Kier alpha value is -3.16. The zero-order valence-corrected chi connectivity index (χ0v) is 17.3. The van der Waals surface area contributed by atoms with Crippen LogP contribution in [0.5, 0.6) is 0 Å². The second-order valence-corrected chi connectivity index (χ2v) is 7.56. The summed E-state index contributed by atoms with van der Waals surface area (Å²) >= 11 is 0. The van der Waals surface area contributed by atoms with Crippen molar-refractivity contribution in [1.29, 1.82) is 0 Å². The van der Waals surface area contributed by atoms with Gasteiger partial charge < -0.3 is 15.5 Å². The van der Waals surface area contributed by atoms with Crippen molar-refractivity contribution in [2.24, 2.45) is 13.0 Å². The molecule has 1 aromatic heterocycles. The van der Waals surface area contributed by atoms with E-state index in [0.717, 1.165) is 5.56 Å². The van der Waals surface area contributed by atoms with Crippen LogP contribution in [0, 0.1) is 5.92 Å². The lowest BCUT2D eigenvalue weighted by atomic mass is 9.98. The first-order valence-electron chi connectivity index (χ1n) is 10.4. The van der Waals surface area contributed by atoms with E-state index in [2.05, 4.69) is 15.7 Å². The fourth-order valence-electron chi connectivity index (χ4n) is 3.64. The fourth-order valence-corrected chi connectivity index (χ4v) is 3.64. The van der Waals surface area contributed by atoms with Gasteiger partial charge in [-0.3, -0.25) is 19.1 Å². The molecule has 1 atom stereocenters. The minimum atomic E-state index is -0.208. The number of nitrogens with zero attached hydrogens (tertiary/aromatic N) is 3. The van der Waals surface area contributed by atoms with Gasteiger partial charge in [-0.15, -0.1) is 0 Å². The van der Waals surface area contributed by atoms with Crippen LogP contribution in [0.25, 0.3) is 0 Å². The summed E-state index contributed by atoms with van der Waals surface area (Å²) in [5.41, 5.74) is 1.53. The molecule has 8 heteroatoms. The molecule has 0 saturated carbocycles. The van der Waals surface area contributed by atoms with Gasteiger partial charge in [0.1, 0.15) is 5.69 Å². The van der Waals surface area contributed by atoms with Crippen molar-refractivity contribution in [2.45, 2.75) is 32.2 Å². The third kappa shape index (κ3) is 5.92. The summed E-state index contributed by atoms with van der Waals surface area (Å²) in [4.78, 5) is 39.4. The number of amides is 3. The maximum Gasteiger partial charge on any atom is 0.272 e. The molecular weight excluding hydrogens is 382 g/mol. The second-order valence-electron chi connectivity index (χ2n) is 7.56. The topological polar surface area (TPSA) is 96.3 Å². The summed E-state index contributed by atoms with van der Waals surface area (Å²) in [7, 11) is 1.72. The van der Waals surface area contributed by atoms with Crippen LogP contribution in [0.3, 0.4) is 0 Å². The van der Waals surface area contributed by atoms with Crippen molar-refractivity contribution < 1.29 is 14.4 Å². The van der Waals surface area contributed by atoms with Crippen molar-refractivity contribution in [3.8, 4) is 0 Å². The van der Waals surface area contributed by atoms with Gasteiger partial charge in [0.15, 0.2) is 0 Å². The van der Waals surface area contributed by atoms with Gasteiger partial charge >= 0.3 is 0 Å². The Morgan fingerprint density at radius 3 is 2.70 bits per heavy atom. The van der Waals surface area contributed by atoms with Crippen molar-refractivity contribution in [3.63, 3.8) is 0 Å². The van der Waals surface area contributed by atoms with Crippen molar-refractivity contribution in [2.75, 3.05) is 19.6 Å². The molecule has 1 aliphatic rings. The summed E-state index contributed by atoms with van der Waals surface area (Å²) < 4.78 is 1.54. The molecule has 1 fully saturated rings. The van der Waals surface area contributed by atoms with E-state index < -0.39 is 0 Å². The standard InChI is InChI=1S/C22H29N5O3/c1-26-19(10-13-25-26)22(30)27-14-5-8-18(9-12-23-20(28)11-15-27)21(29)24-16-17-6-3-2-4-7-17/h2-4,6-7,10,13,18H,5,8-9,11-12,14-16H2,1H3,(H,23,28)(H,24,29). The molecule has 0 spiro atoms. The Bertz CT molecular complexity index is 865. The predicted octanol–water partition coefficient (Wildman–Crippen LogP) is 1.49. The molecule has 3 amide bonds. The van der Waals surface area contributed by atoms with Crippen molar-refractivity contribution in [1.82, 2.24) is 25.3 Å². The molecule has 0 radical (unpaired) electrons. The highest BCUT2D eigenvalue weighted by Gasteiger charge is 2.23. The maximum atomic E-state index is 12.9. The van der Waals surface area contributed by atoms with E-state index in [1.807, 2.05) is 30.3 Å². The van der Waals surface area contributed by atoms with Crippen LogP contribution in [-0.4, -0.2) is 52.0 Å². The van der Waals surface area contributed by atoms with E-state index in [-0.39, 0.29) is 30.1 Å². The SMILES string of the molecule is Cn1nccc1C(=O)N1CCCC(C(=O)NCc2ccccc2)CCNC(=O)CC1. The molecule has 160 valence electrons. The van der Waals surface area contributed by atoms with Crippen LogP contribution in [0.1, 0.15) is 41.7 Å². The first-order valence-corrected chi connectivity index (χ1v) is 10.4. The predicted molar refractivity (Wildman–Crippen MR) is 112 cm³/mol. The van der Waals surface area contributed by atoms with Crippen LogP contribution in [0.15, 0.2) is 42.6 Å². The largest absolute Gasteiger partial charge is 0.356 e. The average molecular weight is 412 g/mol. The number of hydrogen-bond donors (Lipinski definition) is 2. The zero-order valence-electron chi connectivity index (χ0n) is 17.3. The Labute approximate surface area is 176 Å². The van der Waals surface area contributed by atoms with E-state index >= 15 is 0 Å². The molecule has 1 aromatic carbocycles. The molecule has 3 rings (SSSR count). The molecule has 2 aromatic rings. The molecule has 8 nitrogen and oxygen atoms in total. The molecule has 1 aliphatic heterocycles. The molecule has 0 aliphatic carbocycles. The van der Waals surface area contributed by atoms with Gasteiger partial charge in [-0.25, -0.2) is 0 Å². The number of nitrogens with one attached hydrogen (secondary N) is 2. The summed E-state index contributed by atoms with van der Waals surface area (Å²) in [6.07, 6.45) is 3.77. The molecule has 30 heavy (non-hydrogen) atoms. The van der Waals surface area contributed by atoms with Crippen LogP contribution in [0.2, 0.25) is 0 Å². The van der Waals surface area contributed by atoms with Crippen LogP contribution < -0.4 is 10.6 Å². The molecule has 2 heterocycles. The number of aromatic nitrogens is 2. The van der Waals surface area contributed by atoms with Crippen molar-refractivity contribution in [3.05, 3.63) is 53.9 Å². The van der Waals surface area contributed by atoms with Crippen molar-refractivity contribution >= 4 is 17.7 Å². The van der Waals surface area contributed by atoms with Gasteiger partial charge in [-0.2, -0.15) is 5.10 Å². The van der Waals surface area contributed by atoms with E-state index in [9.17, 15) is 14.4 Å². The lowest BCUT2D eigenvalue weighted by molar-refractivity contribution is -0.126. The quantitative estimate of drug-likeness (QED) is 0.797. The first-order chi connectivity index (χ1) is 14.5. The van der Waals surface area contributed by atoms with Gasteiger partial charge in [0.25, 0.3) is 5.91 Å². The Kier molecular flexibility index (Phi) is 7.59. The minimum Gasteiger partial charge on any atom is -0.356 e. The van der Waals surface area contributed by atoms with Crippen LogP contribution in [0.4, 0.5) is 0 Å². The van der Waals surface area contributed by atoms with Gasteiger partial charge in [-0.1, -0.05) is 30.3 Å². The zero-order chi connectivity index (χ0) is 21.3. The van der Waals surface area contributed by atoms with E-state index in [0.29, 0.717) is 51.1 Å². The molecule has 0 bridgehead atoms. The maximum absolute atomic E-state index is 12.9. The Balaban J connectivity index is 1.61. The minimum absolute atomic E-state index is 0.0168. The fraction of sp³-hybridized carbons (Fsp3) is 0.455. The smallest absolute Gasteiger partial charge is 0.272 e. The van der Waals surface area contributed by atoms with Gasteiger partial charge in [0, 0.05) is 51.8 Å². The highest BCUT2D eigenvalue weighted by Crippen LogP contribution is 2.15. The van der Waals surface area contributed by atoms with Crippen LogP contribution in [-0.2, 0) is 23.2 Å². The summed E-state index contributed by atoms with van der Waals surface area (Å²) in [6.45, 7) is 1.78. The Morgan fingerprint density at radius 1 is 1.17 bits per heavy atom. The highest BCUT2D eigenvalue weighted by atomic mass is 16.2. The summed E-state index contributed by atoms with van der Waals surface area (Å²) in [5, 5.41) is 9.93. The monoisotopic (exact) mass is 411 g/mol. The van der Waals surface area contributed by atoms with Gasteiger partial charge in [0.2, 0.25) is 11.8 Å². The number of carbonyl (C=O) groups is 3. The lowest BCUT2D eigenvalue weighted by Gasteiger charge is -2.23. The van der Waals surface area contributed by atoms with Crippen LogP contribution >= 0.6 is 0 Å². The number of aryl methyl sites for hydroxylation is 1. The third-order valence-electron chi connectivity index (χ3n) is 5.41. The highest BCUT2D eigenvalue weighted by molar-refractivity contribution is 5.92. The number of rotatable bonds is 4. The summed E-state index contributed by atoms with van der Waals surface area (Å²) in [6, 6.07) is 11.4. The molecule has 2 N–H and O–H groups in total. The summed E-state index contributed by atoms with van der Waals surface area (Å²) in [5.74, 6) is -0.479. The normalized spacial score (nSPS) is 18.2. The number of carbonyl (C=O) groups excluding carboxylic acids is 3. The number of hydrogen-bond acceptors (Lipinski definition) is 4.